The normalized spacial score (nSPS) is 14.1. The predicted molar refractivity (Wildman–Crippen MR) is 245 cm³/mol. The molecule has 4 rings (SSSR count). The van der Waals surface area contributed by atoms with Gasteiger partial charge in [0.2, 0.25) is 0 Å². The van der Waals surface area contributed by atoms with Crippen LogP contribution < -0.4 is 32.8 Å². The maximum atomic E-state index is 14.8. The van der Waals surface area contributed by atoms with Gasteiger partial charge in [0.05, 0.1) is 27.6 Å². The topological polar surface area (TPSA) is 179 Å². The number of carbonyl (C=O) groups excluding carboxylic acids is 1. The van der Waals surface area contributed by atoms with Crippen molar-refractivity contribution in [3.63, 3.8) is 0 Å². The fourth-order valence-corrected chi connectivity index (χ4v) is 8.23. The fraction of sp³-hybridized carbons (Fsp3) is 0.681. The summed E-state index contributed by atoms with van der Waals surface area (Å²) in [5.74, 6) is -0.899. The summed E-state index contributed by atoms with van der Waals surface area (Å²) >= 11 is 0. The van der Waals surface area contributed by atoms with Gasteiger partial charge in [-0.05, 0) is 55.4 Å². The van der Waals surface area contributed by atoms with E-state index in [1.807, 2.05) is 0 Å². The summed E-state index contributed by atoms with van der Waals surface area (Å²) in [5.41, 5.74) is 6.06. The van der Waals surface area contributed by atoms with Gasteiger partial charge in [-0.2, -0.15) is 0 Å². The molecule has 4 atom stereocenters. The number of aromatic carboxylic acids is 1. The van der Waals surface area contributed by atoms with E-state index in [1.165, 1.54) is 0 Å². The summed E-state index contributed by atoms with van der Waals surface area (Å²) in [6, 6.07) is 1.68. The van der Waals surface area contributed by atoms with Crippen LogP contribution in [0, 0.1) is 23.7 Å². The Morgan fingerprint density at radius 1 is 0.655 bits per heavy atom. The quantitative estimate of drug-likeness (QED) is 0.0296. The Kier molecular flexibility index (Phi) is 20.5. The summed E-state index contributed by atoms with van der Waals surface area (Å²) in [4.78, 5) is 64.5. The number of anilines is 2. The molecular formula is C47H76N6O5. The molecule has 2 aromatic heterocycles. The van der Waals surface area contributed by atoms with Gasteiger partial charge in [-0.3, -0.25) is 24.4 Å². The predicted octanol–water partition coefficient (Wildman–Crippen LogP) is 10.3. The molecule has 0 aliphatic heterocycles. The minimum Gasteiger partial charge on any atom is -0.478 e. The Balaban J connectivity index is 2.57. The van der Waals surface area contributed by atoms with E-state index in [9.17, 15) is 24.3 Å². The first-order chi connectivity index (χ1) is 28.0. The molecule has 4 aromatic rings. The lowest BCUT2D eigenvalue weighted by Gasteiger charge is -2.25. The van der Waals surface area contributed by atoms with Gasteiger partial charge in [0, 0.05) is 48.2 Å². The molecular weight excluding hydrogens is 729 g/mol. The van der Waals surface area contributed by atoms with Gasteiger partial charge >= 0.3 is 5.97 Å². The van der Waals surface area contributed by atoms with E-state index in [4.69, 9.17) is 10.7 Å². The maximum absolute atomic E-state index is 14.8. The van der Waals surface area contributed by atoms with Gasteiger partial charge in [0.25, 0.3) is 17.0 Å². The third-order valence-electron chi connectivity index (χ3n) is 12.4. The molecule has 2 aromatic carbocycles. The molecule has 0 aliphatic carbocycles. The highest BCUT2D eigenvalue weighted by Crippen LogP contribution is 2.41. The van der Waals surface area contributed by atoms with E-state index < -0.39 is 23.0 Å². The van der Waals surface area contributed by atoms with Crippen LogP contribution in [0.1, 0.15) is 184 Å². The highest BCUT2D eigenvalue weighted by molar-refractivity contribution is 6.32. The Bertz CT molecular complexity index is 1910. The molecule has 1 amide bonds. The van der Waals surface area contributed by atoms with Gasteiger partial charge in [0.1, 0.15) is 5.84 Å². The first-order valence-electron chi connectivity index (χ1n) is 22.8. The Morgan fingerprint density at radius 2 is 1.16 bits per heavy atom. The number of aromatic amines is 1. The smallest absolute Gasteiger partial charge is 0.338 e. The second-order valence-corrected chi connectivity index (χ2v) is 16.5. The number of nitrogens with one attached hydrogen (secondary N) is 4. The first kappa shape index (κ1) is 48.2. The number of hydrogen-bond acceptors (Lipinski definition) is 7. The molecule has 0 radical (unpaired) electrons. The Morgan fingerprint density at radius 3 is 1.66 bits per heavy atom. The molecule has 2 bridgehead atoms. The highest BCUT2D eigenvalue weighted by Gasteiger charge is 2.33. The van der Waals surface area contributed by atoms with Crippen LogP contribution in [0.5, 0.6) is 0 Å². The van der Waals surface area contributed by atoms with Crippen LogP contribution in [-0.4, -0.2) is 54.0 Å². The van der Waals surface area contributed by atoms with Gasteiger partial charge in [-0.1, -0.05) is 132 Å². The fourth-order valence-electron chi connectivity index (χ4n) is 8.23. The first-order valence-corrected chi connectivity index (χ1v) is 22.8. The molecule has 2 heterocycles. The molecule has 4 unspecified atom stereocenters. The highest BCUT2D eigenvalue weighted by atomic mass is 16.4. The van der Waals surface area contributed by atoms with Gasteiger partial charge in [-0.15, -0.1) is 0 Å². The minimum atomic E-state index is -1.33. The van der Waals surface area contributed by atoms with E-state index in [-0.39, 0.29) is 67.5 Å². The lowest BCUT2D eigenvalue weighted by Crippen LogP contribution is -2.32. The largest absolute Gasteiger partial charge is 0.478 e. The van der Waals surface area contributed by atoms with Crippen LogP contribution in [0.2, 0.25) is 0 Å². The number of carboxylic acids is 1. The number of amides is 1. The standard InChI is InChI=1S/C47H76N6O5/c1-9-17-21-30(13-5)26-49-35-25-34-36-38(37(35)46(56)53-44(34)54)39(45(55)52-29-33(16-8)24-20-12-4)41(47(57)58)42(50-27-31(14-6)22-18-10-2)40(36)43(48)51-28-32(15-7)23-19-11-3/h25,30-33,49-50H,9-24,26-29H2,1-8H3,(H2,48,51)(H,52,55)(H,57,58)(H,53,54,56). The summed E-state index contributed by atoms with van der Waals surface area (Å²) in [7, 11) is 0. The van der Waals surface area contributed by atoms with Crippen molar-refractivity contribution in [3.05, 3.63) is 43.5 Å². The minimum absolute atomic E-state index is 0.0602. The molecule has 0 saturated carbocycles. The number of hydrogen-bond donors (Lipinski definition) is 6. The average molecular weight is 805 g/mol. The third kappa shape index (κ3) is 12.4. The number of amidine groups is 1. The van der Waals surface area contributed by atoms with Crippen molar-refractivity contribution in [3.8, 4) is 0 Å². The summed E-state index contributed by atoms with van der Waals surface area (Å²) < 4.78 is 0. The van der Waals surface area contributed by atoms with E-state index in [1.54, 1.807) is 6.07 Å². The molecule has 324 valence electrons. The van der Waals surface area contributed by atoms with E-state index in [0.29, 0.717) is 37.8 Å². The Hall–Kier alpha value is -4.15. The zero-order chi connectivity index (χ0) is 42.8. The number of nitrogens with zero attached hydrogens (tertiary/aromatic N) is 1. The number of H-pyrrole nitrogens is 1. The van der Waals surface area contributed by atoms with Gasteiger partial charge in [0.15, 0.2) is 0 Å². The van der Waals surface area contributed by atoms with Crippen molar-refractivity contribution in [2.45, 2.75) is 158 Å². The number of carbonyl (C=O) groups is 2. The van der Waals surface area contributed by atoms with Crippen molar-refractivity contribution in [1.29, 1.82) is 0 Å². The number of rotatable bonds is 29. The summed E-state index contributed by atoms with van der Waals surface area (Å²) in [6.45, 7) is 18.8. The molecule has 0 aliphatic rings. The van der Waals surface area contributed by atoms with Gasteiger partial charge in [-0.25, -0.2) is 4.79 Å². The lowest BCUT2D eigenvalue weighted by molar-refractivity contribution is 0.0692. The van der Waals surface area contributed by atoms with Crippen LogP contribution in [0.3, 0.4) is 0 Å². The van der Waals surface area contributed by atoms with E-state index in [2.05, 4.69) is 76.3 Å². The molecule has 0 fully saturated rings. The Labute approximate surface area is 347 Å². The second-order valence-electron chi connectivity index (χ2n) is 16.5. The molecule has 58 heavy (non-hydrogen) atoms. The number of carboxylic acid groups (broad SMARTS) is 1. The third-order valence-corrected chi connectivity index (χ3v) is 12.4. The van der Waals surface area contributed by atoms with Crippen molar-refractivity contribution < 1.29 is 14.7 Å². The molecule has 11 heteroatoms. The van der Waals surface area contributed by atoms with Crippen LogP contribution in [0.25, 0.3) is 21.5 Å². The summed E-state index contributed by atoms with van der Waals surface area (Å²) in [6.07, 6.45) is 15.6. The number of aromatic nitrogens is 1. The number of aliphatic imine (C=N–C) groups is 1. The number of nitrogens with two attached hydrogens (primary N) is 1. The molecule has 0 saturated heterocycles. The molecule has 7 N–H and O–H groups in total. The van der Waals surface area contributed by atoms with E-state index in [0.717, 1.165) is 103 Å². The summed E-state index contributed by atoms with van der Waals surface area (Å²) in [5, 5.41) is 21.9. The number of benzene rings is 2. The van der Waals surface area contributed by atoms with Crippen LogP contribution in [0.15, 0.2) is 20.6 Å². The molecule has 11 nitrogen and oxygen atoms in total. The van der Waals surface area contributed by atoms with Crippen LogP contribution in [-0.2, 0) is 0 Å². The van der Waals surface area contributed by atoms with Crippen molar-refractivity contribution in [2.24, 2.45) is 34.4 Å². The van der Waals surface area contributed by atoms with Crippen LogP contribution >= 0.6 is 0 Å². The maximum Gasteiger partial charge on any atom is 0.338 e. The van der Waals surface area contributed by atoms with Crippen molar-refractivity contribution in [1.82, 2.24) is 10.3 Å². The SMILES string of the molecule is CCCCC(CC)CN=C(N)c1c(NCC(CC)CCCC)c(C(=O)O)c(C(=O)NCC(CC)CCCC)c2c3c(NCC(CC)CCCC)cc(c(=O)[nH]c3=O)c12. The van der Waals surface area contributed by atoms with Crippen molar-refractivity contribution in [2.75, 3.05) is 36.8 Å². The van der Waals surface area contributed by atoms with Crippen molar-refractivity contribution >= 4 is 50.6 Å². The lowest BCUT2D eigenvalue weighted by atomic mass is 9.87. The molecule has 0 spiro atoms. The zero-order valence-corrected chi connectivity index (χ0v) is 37.1. The van der Waals surface area contributed by atoms with Gasteiger partial charge < -0.3 is 26.8 Å². The number of fused-ring (bicyclic) bond motifs is 3. The van der Waals surface area contributed by atoms with E-state index >= 15 is 0 Å². The monoisotopic (exact) mass is 805 g/mol. The van der Waals surface area contributed by atoms with Crippen LogP contribution in [0.4, 0.5) is 11.4 Å². The second kappa shape index (κ2) is 24.7. The number of unbranched alkanes of at least 4 members (excludes halogenated alkanes) is 4. The average Bonchev–Trinajstić information content (AvgIpc) is 3.40. The zero-order valence-electron chi connectivity index (χ0n) is 37.1.